The van der Waals surface area contributed by atoms with Gasteiger partial charge in [-0.15, -0.1) is 12.4 Å². The Kier molecular flexibility index (Phi) is 6.47. The smallest absolute Gasteiger partial charge is 0.243 e. The van der Waals surface area contributed by atoms with Crippen LogP contribution in [0, 0.1) is 6.92 Å². The van der Waals surface area contributed by atoms with Gasteiger partial charge in [-0.25, -0.2) is 8.42 Å². The van der Waals surface area contributed by atoms with Gasteiger partial charge in [0.1, 0.15) is 0 Å². The van der Waals surface area contributed by atoms with Crippen LogP contribution in [0.25, 0.3) is 0 Å². The van der Waals surface area contributed by atoms with E-state index < -0.39 is 10.0 Å². The summed E-state index contributed by atoms with van der Waals surface area (Å²) in [7, 11) is -1.71. The van der Waals surface area contributed by atoms with E-state index in [9.17, 15) is 8.42 Å². The fraction of sp³-hybridized carbons (Fsp3) is 0.538. The van der Waals surface area contributed by atoms with E-state index in [1.54, 1.807) is 25.2 Å². The van der Waals surface area contributed by atoms with Gasteiger partial charge in [-0.1, -0.05) is 15.9 Å². The van der Waals surface area contributed by atoms with Crippen molar-refractivity contribution in [2.24, 2.45) is 0 Å². The number of aryl methyl sites for hydroxylation is 1. The number of piperidine rings is 1. The summed E-state index contributed by atoms with van der Waals surface area (Å²) in [6, 6.07) is 5.26. The first-order chi connectivity index (χ1) is 8.93. The topological polar surface area (TPSA) is 49.4 Å². The zero-order valence-electron chi connectivity index (χ0n) is 11.6. The lowest BCUT2D eigenvalue weighted by atomic mass is 10.1. The van der Waals surface area contributed by atoms with Gasteiger partial charge in [0, 0.05) is 17.6 Å². The van der Waals surface area contributed by atoms with Crippen LogP contribution in [0.5, 0.6) is 0 Å². The molecule has 114 valence electrons. The van der Waals surface area contributed by atoms with Gasteiger partial charge >= 0.3 is 0 Å². The molecule has 1 fully saturated rings. The molecule has 2 rings (SSSR count). The lowest BCUT2D eigenvalue weighted by molar-refractivity contribution is 0.296. The van der Waals surface area contributed by atoms with Gasteiger partial charge in [0.05, 0.1) is 4.90 Å². The Morgan fingerprint density at radius 2 is 1.90 bits per heavy atom. The largest absolute Gasteiger partial charge is 0.317 e. The molecule has 4 nitrogen and oxygen atoms in total. The van der Waals surface area contributed by atoms with Gasteiger partial charge < -0.3 is 5.32 Å². The van der Waals surface area contributed by atoms with Gasteiger partial charge in [-0.2, -0.15) is 4.31 Å². The Hall–Kier alpha value is -0.140. The molecule has 0 aromatic heterocycles. The molecular weight excluding hydrogens is 364 g/mol. The molecule has 0 unspecified atom stereocenters. The van der Waals surface area contributed by atoms with Crippen molar-refractivity contribution in [3.05, 3.63) is 28.2 Å². The number of nitrogens with zero attached hydrogens (tertiary/aromatic N) is 1. The Labute approximate surface area is 135 Å². The fourth-order valence-corrected chi connectivity index (χ4v) is 4.06. The van der Waals surface area contributed by atoms with Crippen LogP contribution in [-0.4, -0.2) is 38.9 Å². The highest BCUT2D eigenvalue weighted by atomic mass is 79.9. The van der Waals surface area contributed by atoms with Crippen molar-refractivity contribution in [1.82, 2.24) is 9.62 Å². The molecule has 1 aliphatic rings. The molecule has 0 amide bonds. The third-order valence-corrected chi connectivity index (χ3v) is 6.43. The highest BCUT2D eigenvalue weighted by Gasteiger charge is 2.29. The van der Waals surface area contributed by atoms with Crippen molar-refractivity contribution in [3.63, 3.8) is 0 Å². The first kappa shape index (κ1) is 17.9. The average Bonchev–Trinajstić information content (AvgIpc) is 2.41. The predicted molar refractivity (Wildman–Crippen MR) is 87.0 cm³/mol. The molecule has 1 aromatic carbocycles. The molecule has 0 atom stereocenters. The molecule has 0 saturated carbocycles. The Morgan fingerprint density at radius 3 is 2.45 bits per heavy atom. The number of hydrogen-bond donors (Lipinski definition) is 1. The maximum Gasteiger partial charge on any atom is 0.243 e. The minimum atomic E-state index is -3.39. The minimum Gasteiger partial charge on any atom is -0.317 e. The van der Waals surface area contributed by atoms with Crippen LogP contribution in [0.3, 0.4) is 0 Å². The molecule has 0 radical (unpaired) electrons. The third kappa shape index (κ3) is 3.74. The van der Waals surface area contributed by atoms with Crippen molar-refractivity contribution in [1.29, 1.82) is 0 Å². The van der Waals surface area contributed by atoms with Gasteiger partial charge in [0.25, 0.3) is 0 Å². The van der Waals surface area contributed by atoms with Crippen molar-refractivity contribution < 1.29 is 8.42 Å². The van der Waals surface area contributed by atoms with Crippen LogP contribution >= 0.6 is 28.3 Å². The molecule has 0 aliphatic carbocycles. The van der Waals surface area contributed by atoms with Crippen LogP contribution in [-0.2, 0) is 10.0 Å². The molecule has 20 heavy (non-hydrogen) atoms. The van der Waals surface area contributed by atoms with Crippen LogP contribution in [0.4, 0.5) is 0 Å². The Morgan fingerprint density at radius 1 is 1.30 bits per heavy atom. The molecular formula is C13H20BrClN2O2S. The molecule has 1 aliphatic heterocycles. The lowest BCUT2D eigenvalue weighted by Crippen LogP contribution is -2.43. The van der Waals surface area contributed by atoms with E-state index >= 15 is 0 Å². The molecule has 1 N–H and O–H groups in total. The zero-order valence-corrected chi connectivity index (χ0v) is 14.8. The van der Waals surface area contributed by atoms with Crippen LogP contribution in [0.15, 0.2) is 27.6 Å². The second kappa shape index (κ2) is 7.22. The number of halogens is 2. The highest BCUT2D eigenvalue weighted by Crippen LogP contribution is 2.24. The Bertz CT molecular complexity index is 559. The fourth-order valence-electron chi connectivity index (χ4n) is 2.31. The van der Waals surface area contributed by atoms with Crippen molar-refractivity contribution >= 4 is 38.4 Å². The summed E-state index contributed by atoms with van der Waals surface area (Å²) < 4.78 is 27.6. The zero-order chi connectivity index (χ0) is 14.0. The average molecular weight is 384 g/mol. The number of hydrogen-bond acceptors (Lipinski definition) is 3. The maximum atomic E-state index is 12.6. The van der Waals surface area contributed by atoms with Gasteiger partial charge in [-0.05, 0) is 56.6 Å². The number of rotatable bonds is 3. The number of nitrogens with one attached hydrogen (secondary N) is 1. The standard InChI is InChI=1S/C13H19BrN2O2S.ClH/c1-10-9-12(3-4-13(10)14)19(17,18)16(2)11-5-7-15-8-6-11;/h3-4,9,11,15H,5-8H2,1-2H3;1H. The SMILES string of the molecule is Cc1cc(S(=O)(=O)N(C)C2CCNCC2)ccc1Br.Cl. The minimum absolute atomic E-state index is 0. The van der Waals surface area contributed by atoms with Crippen LogP contribution in [0.1, 0.15) is 18.4 Å². The molecule has 7 heteroatoms. The first-order valence-electron chi connectivity index (χ1n) is 6.38. The van der Waals surface area contributed by atoms with Crippen molar-refractivity contribution in [3.8, 4) is 0 Å². The molecule has 0 bridgehead atoms. The van der Waals surface area contributed by atoms with Gasteiger partial charge in [0.15, 0.2) is 0 Å². The summed E-state index contributed by atoms with van der Waals surface area (Å²) in [6.45, 7) is 3.65. The second-order valence-corrected chi connectivity index (χ2v) is 7.77. The van der Waals surface area contributed by atoms with Crippen LogP contribution < -0.4 is 5.32 Å². The quantitative estimate of drug-likeness (QED) is 0.872. The van der Waals surface area contributed by atoms with E-state index in [1.165, 1.54) is 4.31 Å². The molecule has 1 heterocycles. The summed E-state index contributed by atoms with van der Waals surface area (Å²) in [6.07, 6.45) is 1.73. The second-order valence-electron chi connectivity index (χ2n) is 4.91. The number of benzene rings is 1. The molecule has 1 aromatic rings. The molecule has 0 spiro atoms. The summed E-state index contributed by atoms with van der Waals surface area (Å²) in [4.78, 5) is 0.370. The lowest BCUT2D eigenvalue weighted by Gasteiger charge is -2.30. The van der Waals surface area contributed by atoms with E-state index in [4.69, 9.17) is 0 Å². The summed E-state index contributed by atoms with van der Waals surface area (Å²) in [5, 5.41) is 3.25. The van der Waals surface area contributed by atoms with Crippen molar-refractivity contribution in [2.75, 3.05) is 20.1 Å². The van der Waals surface area contributed by atoms with Gasteiger partial charge in [-0.3, -0.25) is 0 Å². The van der Waals surface area contributed by atoms with E-state index in [1.807, 2.05) is 6.92 Å². The summed E-state index contributed by atoms with van der Waals surface area (Å²) in [5.41, 5.74) is 0.930. The van der Waals surface area contributed by atoms with Crippen molar-refractivity contribution in [2.45, 2.75) is 30.7 Å². The summed E-state index contributed by atoms with van der Waals surface area (Å²) in [5.74, 6) is 0. The maximum absolute atomic E-state index is 12.6. The summed E-state index contributed by atoms with van der Waals surface area (Å²) >= 11 is 3.39. The monoisotopic (exact) mass is 382 g/mol. The van der Waals surface area contributed by atoms with E-state index in [0.29, 0.717) is 4.90 Å². The van der Waals surface area contributed by atoms with Crippen LogP contribution in [0.2, 0.25) is 0 Å². The Balaban J connectivity index is 0.00000200. The predicted octanol–water partition coefficient (Wildman–Crippen LogP) is 2.55. The normalized spacial score (nSPS) is 17.0. The van der Waals surface area contributed by atoms with E-state index in [2.05, 4.69) is 21.2 Å². The highest BCUT2D eigenvalue weighted by molar-refractivity contribution is 9.10. The first-order valence-corrected chi connectivity index (χ1v) is 8.61. The van der Waals surface area contributed by atoms with E-state index in [0.717, 1.165) is 36.0 Å². The third-order valence-electron chi connectivity index (χ3n) is 3.63. The number of sulfonamides is 1. The van der Waals surface area contributed by atoms with Gasteiger partial charge in [0.2, 0.25) is 10.0 Å². The molecule has 1 saturated heterocycles. The van der Waals surface area contributed by atoms with E-state index in [-0.39, 0.29) is 18.4 Å².